The van der Waals surface area contributed by atoms with Gasteiger partial charge in [0, 0.05) is 43.0 Å². The highest BCUT2D eigenvalue weighted by Gasteiger charge is 2.13. The number of nitrogens with one attached hydrogen (secondary N) is 2. The third-order valence-corrected chi connectivity index (χ3v) is 4.21. The van der Waals surface area contributed by atoms with E-state index in [4.69, 9.17) is 0 Å². The van der Waals surface area contributed by atoms with Crippen LogP contribution in [0.1, 0.15) is 46.7 Å². The van der Waals surface area contributed by atoms with Crippen LogP contribution in [0.3, 0.4) is 0 Å². The number of amides is 1. The van der Waals surface area contributed by atoms with E-state index in [1.54, 1.807) is 4.90 Å². The largest absolute Gasteiger partial charge is 0.339 e. The molecule has 0 saturated carbocycles. The molecule has 0 atom stereocenters. The van der Waals surface area contributed by atoms with Crippen molar-refractivity contribution in [2.45, 2.75) is 46.8 Å². The van der Waals surface area contributed by atoms with E-state index in [0.717, 1.165) is 35.6 Å². The lowest BCUT2D eigenvalue weighted by Gasteiger charge is -2.21. The van der Waals surface area contributed by atoms with Crippen molar-refractivity contribution in [2.24, 2.45) is 0 Å². The average Bonchev–Trinajstić information content (AvgIpc) is 2.86. The molecule has 2 rings (SSSR count). The average molecular weight is 351 g/mol. The highest BCUT2D eigenvalue weighted by Crippen LogP contribution is 2.11. The van der Waals surface area contributed by atoms with Crippen LogP contribution in [-0.4, -0.2) is 34.1 Å². The molecule has 132 valence electrons. The van der Waals surface area contributed by atoms with Crippen LogP contribution in [0.2, 0.25) is 0 Å². The van der Waals surface area contributed by atoms with Crippen LogP contribution in [0.25, 0.3) is 0 Å². The number of carbonyl (C=O) groups is 1. The number of aromatic amines is 1. The van der Waals surface area contributed by atoms with Crippen LogP contribution in [0.4, 0.5) is 0 Å². The van der Waals surface area contributed by atoms with E-state index in [1.165, 1.54) is 5.56 Å². The van der Waals surface area contributed by atoms with Gasteiger partial charge in [0.25, 0.3) is 5.91 Å². The van der Waals surface area contributed by atoms with Crippen LogP contribution < -0.4 is 5.32 Å². The second-order valence-electron chi connectivity index (χ2n) is 6.22. The van der Waals surface area contributed by atoms with E-state index in [1.807, 2.05) is 59.0 Å². The number of aryl methyl sites for hydroxylation is 2. The molecule has 0 unspecified atom stereocenters. The number of benzene rings is 1. The summed E-state index contributed by atoms with van der Waals surface area (Å²) in [4.78, 5) is 14.0. The molecule has 2 N–H and O–H groups in total. The molecule has 0 aliphatic rings. The minimum atomic E-state index is 0. The van der Waals surface area contributed by atoms with Gasteiger partial charge in [-0.15, -0.1) is 12.4 Å². The molecule has 5 nitrogen and oxygen atoms in total. The Balaban J connectivity index is 0.00000288. The van der Waals surface area contributed by atoms with Crippen LogP contribution in [-0.2, 0) is 13.1 Å². The Labute approximate surface area is 150 Å². The number of halogens is 1. The maximum absolute atomic E-state index is 12.2. The topological polar surface area (TPSA) is 61.0 Å². The SMILES string of the molecule is Cc1n[nH]c(C)c1CNCc1ccc(C(=O)N(C)C(C)C)cc1.Cl. The first-order valence-electron chi connectivity index (χ1n) is 7.97. The van der Waals surface area contributed by atoms with Crippen molar-refractivity contribution in [2.75, 3.05) is 7.05 Å². The van der Waals surface area contributed by atoms with Crippen molar-refractivity contribution in [3.05, 3.63) is 52.3 Å². The molecule has 0 spiro atoms. The Morgan fingerprint density at radius 1 is 1.21 bits per heavy atom. The summed E-state index contributed by atoms with van der Waals surface area (Å²) in [6.45, 7) is 9.60. The van der Waals surface area contributed by atoms with Crippen LogP contribution in [0, 0.1) is 13.8 Å². The number of hydrogen-bond donors (Lipinski definition) is 2. The fourth-order valence-electron chi connectivity index (χ4n) is 2.37. The zero-order chi connectivity index (χ0) is 17.0. The second-order valence-corrected chi connectivity index (χ2v) is 6.22. The molecule has 2 aromatic rings. The molecule has 1 heterocycles. The zero-order valence-electron chi connectivity index (χ0n) is 15.0. The lowest BCUT2D eigenvalue weighted by atomic mass is 10.1. The molecule has 24 heavy (non-hydrogen) atoms. The molecule has 6 heteroatoms. The quantitative estimate of drug-likeness (QED) is 0.840. The molecule has 1 aromatic carbocycles. The van der Waals surface area contributed by atoms with E-state index < -0.39 is 0 Å². The van der Waals surface area contributed by atoms with Gasteiger partial charge in [-0.25, -0.2) is 0 Å². The lowest BCUT2D eigenvalue weighted by molar-refractivity contribution is 0.0755. The van der Waals surface area contributed by atoms with Crippen molar-refractivity contribution in [1.29, 1.82) is 0 Å². The van der Waals surface area contributed by atoms with Gasteiger partial charge in [-0.05, 0) is 45.4 Å². The highest BCUT2D eigenvalue weighted by molar-refractivity contribution is 5.94. The summed E-state index contributed by atoms with van der Waals surface area (Å²) in [5.74, 6) is 0.0594. The van der Waals surface area contributed by atoms with E-state index in [9.17, 15) is 4.79 Å². The van der Waals surface area contributed by atoms with Crippen molar-refractivity contribution < 1.29 is 4.79 Å². The summed E-state index contributed by atoms with van der Waals surface area (Å²) in [5.41, 5.74) is 5.25. The van der Waals surface area contributed by atoms with Gasteiger partial charge in [-0.1, -0.05) is 12.1 Å². The fourth-order valence-corrected chi connectivity index (χ4v) is 2.37. The van der Waals surface area contributed by atoms with Crippen molar-refractivity contribution in [3.63, 3.8) is 0 Å². The monoisotopic (exact) mass is 350 g/mol. The highest BCUT2D eigenvalue weighted by atomic mass is 35.5. The summed E-state index contributed by atoms with van der Waals surface area (Å²) >= 11 is 0. The molecular formula is C18H27ClN4O. The second kappa shape index (κ2) is 8.85. The summed E-state index contributed by atoms with van der Waals surface area (Å²) < 4.78 is 0. The molecule has 0 radical (unpaired) electrons. The summed E-state index contributed by atoms with van der Waals surface area (Å²) in [6, 6.07) is 8.00. The Bertz CT molecular complexity index is 645. The summed E-state index contributed by atoms with van der Waals surface area (Å²) in [7, 11) is 1.83. The summed E-state index contributed by atoms with van der Waals surface area (Å²) in [6.07, 6.45) is 0. The van der Waals surface area contributed by atoms with Gasteiger partial charge in [0.15, 0.2) is 0 Å². The first-order chi connectivity index (χ1) is 10.9. The van der Waals surface area contributed by atoms with Gasteiger partial charge in [-0.3, -0.25) is 9.89 Å². The Morgan fingerprint density at radius 3 is 2.33 bits per heavy atom. The molecule has 1 aromatic heterocycles. The molecule has 0 fully saturated rings. The zero-order valence-corrected chi connectivity index (χ0v) is 15.8. The predicted molar refractivity (Wildman–Crippen MR) is 99.5 cm³/mol. The number of hydrogen-bond acceptors (Lipinski definition) is 3. The van der Waals surface area contributed by atoms with Gasteiger partial charge >= 0.3 is 0 Å². The number of carbonyl (C=O) groups excluding carboxylic acids is 1. The molecule has 0 saturated heterocycles. The van der Waals surface area contributed by atoms with Crippen LogP contribution in [0.15, 0.2) is 24.3 Å². The van der Waals surface area contributed by atoms with Gasteiger partial charge in [0.05, 0.1) is 5.69 Å². The minimum Gasteiger partial charge on any atom is -0.339 e. The Kier molecular flexibility index (Phi) is 7.45. The standard InChI is InChI=1S/C18H26N4O.ClH/c1-12(2)22(5)18(23)16-8-6-15(7-9-16)10-19-11-17-13(3)20-21-14(17)4;/h6-9,12,19H,10-11H2,1-5H3,(H,20,21);1H. The van der Waals surface area contributed by atoms with E-state index in [-0.39, 0.29) is 24.4 Å². The first kappa shape index (κ1) is 20.2. The van der Waals surface area contributed by atoms with Crippen LogP contribution in [0.5, 0.6) is 0 Å². The molecule has 0 aliphatic carbocycles. The van der Waals surface area contributed by atoms with Crippen molar-refractivity contribution >= 4 is 18.3 Å². The number of aromatic nitrogens is 2. The van der Waals surface area contributed by atoms with Crippen molar-refractivity contribution in [3.8, 4) is 0 Å². The normalized spacial score (nSPS) is 10.6. The smallest absolute Gasteiger partial charge is 0.253 e. The van der Waals surface area contributed by atoms with Gasteiger partial charge in [-0.2, -0.15) is 5.10 Å². The third kappa shape index (κ3) is 4.82. The van der Waals surface area contributed by atoms with Crippen molar-refractivity contribution in [1.82, 2.24) is 20.4 Å². The number of H-pyrrole nitrogens is 1. The van der Waals surface area contributed by atoms with Crippen LogP contribution >= 0.6 is 12.4 Å². The molecule has 0 aliphatic heterocycles. The first-order valence-corrected chi connectivity index (χ1v) is 7.97. The lowest BCUT2D eigenvalue weighted by Crippen LogP contribution is -2.32. The van der Waals surface area contributed by atoms with E-state index in [0.29, 0.717) is 0 Å². The van der Waals surface area contributed by atoms with E-state index in [2.05, 4.69) is 15.5 Å². The molecular weight excluding hydrogens is 324 g/mol. The molecule has 0 bridgehead atoms. The Morgan fingerprint density at radius 2 is 1.83 bits per heavy atom. The minimum absolute atomic E-state index is 0. The summed E-state index contributed by atoms with van der Waals surface area (Å²) in [5, 5.41) is 10.6. The fraction of sp³-hybridized carbons (Fsp3) is 0.444. The maximum atomic E-state index is 12.2. The van der Waals surface area contributed by atoms with Gasteiger partial charge in [0.1, 0.15) is 0 Å². The Hall–Kier alpha value is -1.85. The maximum Gasteiger partial charge on any atom is 0.253 e. The number of nitrogens with zero attached hydrogens (tertiary/aromatic N) is 2. The van der Waals surface area contributed by atoms with Gasteiger partial charge < -0.3 is 10.2 Å². The molecule has 1 amide bonds. The van der Waals surface area contributed by atoms with E-state index >= 15 is 0 Å². The number of rotatable bonds is 6. The third-order valence-electron chi connectivity index (χ3n) is 4.21. The van der Waals surface area contributed by atoms with Gasteiger partial charge in [0.2, 0.25) is 0 Å². The predicted octanol–water partition coefficient (Wildman–Crippen LogP) is 3.22.